The lowest BCUT2D eigenvalue weighted by Gasteiger charge is -2.30. The first-order chi connectivity index (χ1) is 12.6. The van der Waals surface area contributed by atoms with Crippen molar-refractivity contribution >= 4 is 11.9 Å². The molecule has 0 saturated heterocycles. The molecule has 1 aliphatic rings. The number of benzene rings is 1. The van der Waals surface area contributed by atoms with Crippen LogP contribution in [-0.2, 0) is 9.53 Å². The van der Waals surface area contributed by atoms with Gasteiger partial charge in [-0.15, -0.1) is 0 Å². The zero-order chi connectivity index (χ0) is 18.6. The second-order valence-corrected chi connectivity index (χ2v) is 6.86. The van der Waals surface area contributed by atoms with Gasteiger partial charge in [0, 0.05) is 5.69 Å². The zero-order valence-corrected chi connectivity index (χ0v) is 15.3. The molecule has 1 N–H and O–H groups in total. The third-order valence-corrected chi connectivity index (χ3v) is 5.01. The van der Waals surface area contributed by atoms with Crippen molar-refractivity contribution < 1.29 is 14.3 Å². The van der Waals surface area contributed by atoms with Gasteiger partial charge in [0.2, 0.25) is 0 Å². The minimum Gasteiger partial charge on any atom is -0.467 e. The number of aryl methyl sites for hydroxylation is 1. The van der Waals surface area contributed by atoms with Crippen LogP contribution in [0.2, 0.25) is 0 Å². The van der Waals surface area contributed by atoms with Gasteiger partial charge in [-0.1, -0.05) is 43.9 Å². The van der Waals surface area contributed by atoms with Gasteiger partial charge in [-0.3, -0.25) is 4.79 Å². The summed E-state index contributed by atoms with van der Waals surface area (Å²) in [5, 5.41) is 7.38. The highest BCUT2D eigenvalue weighted by Crippen LogP contribution is 2.29. The number of nitrogens with one attached hydrogen (secondary N) is 1. The van der Waals surface area contributed by atoms with E-state index in [0.29, 0.717) is 18.5 Å². The van der Waals surface area contributed by atoms with Gasteiger partial charge in [-0.05, 0) is 38.0 Å². The average molecular weight is 355 g/mol. The van der Waals surface area contributed by atoms with Crippen molar-refractivity contribution in [2.75, 3.05) is 7.11 Å². The number of nitrogens with zero attached hydrogens (tertiary/aromatic N) is 2. The van der Waals surface area contributed by atoms with Gasteiger partial charge in [-0.25, -0.2) is 9.48 Å². The third-order valence-electron chi connectivity index (χ3n) is 5.01. The molecule has 138 valence electrons. The maximum absolute atomic E-state index is 12.9. The summed E-state index contributed by atoms with van der Waals surface area (Å²) in [4.78, 5) is 25.3. The average Bonchev–Trinajstić information content (AvgIpc) is 2.90. The Bertz CT molecular complexity index is 775. The second-order valence-electron chi connectivity index (χ2n) is 6.86. The number of carbonyl (C=O) groups excluding carboxylic acids is 2. The third kappa shape index (κ3) is 3.64. The van der Waals surface area contributed by atoms with Crippen molar-refractivity contribution in [3.8, 4) is 5.69 Å². The van der Waals surface area contributed by atoms with Crippen LogP contribution in [0.15, 0.2) is 36.4 Å². The SMILES string of the molecule is COC(=O)C1(NC(=O)c2cc(C)n(-c3ccccc3)n2)CCCCCC1. The number of esters is 1. The molecular weight excluding hydrogens is 330 g/mol. The number of carbonyl (C=O) groups is 2. The lowest BCUT2D eigenvalue weighted by atomic mass is 9.90. The van der Waals surface area contributed by atoms with Crippen LogP contribution in [0.3, 0.4) is 0 Å². The topological polar surface area (TPSA) is 73.2 Å². The van der Waals surface area contributed by atoms with E-state index in [4.69, 9.17) is 4.74 Å². The predicted octanol–water partition coefficient (Wildman–Crippen LogP) is 3.18. The largest absolute Gasteiger partial charge is 0.467 e. The molecule has 0 bridgehead atoms. The maximum Gasteiger partial charge on any atom is 0.331 e. The Hall–Kier alpha value is -2.63. The van der Waals surface area contributed by atoms with Crippen LogP contribution < -0.4 is 5.32 Å². The van der Waals surface area contributed by atoms with E-state index in [2.05, 4.69) is 10.4 Å². The van der Waals surface area contributed by atoms with Gasteiger partial charge in [0.05, 0.1) is 12.8 Å². The van der Waals surface area contributed by atoms with E-state index in [1.807, 2.05) is 37.3 Å². The molecule has 1 aromatic heterocycles. The molecule has 1 saturated carbocycles. The van der Waals surface area contributed by atoms with Crippen LogP contribution in [-0.4, -0.2) is 34.3 Å². The highest BCUT2D eigenvalue weighted by molar-refractivity contribution is 5.97. The van der Waals surface area contributed by atoms with Gasteiger partial charge in [0.1, 0.15) is 5.54 Å². The lowest BCUT2D eigenvalue weighted by molar-refractivity contribution is -0.148. The van der Waals surface area contributed by atoms with E-state index >= 15 is 0 Å². The smallest absolute Gasteiger partial charge is 0.331 e. The van der Waals surface area contributed by atoms with E-state index in [0.717, 1.165) is 37.1 Å². The molecule has 0 unspecified atom stereocenters. The summed E-state index contributed by atoms with van der Waals surface area (Å²) in [5.74, 6) is -0.706. The molecule has 6 heteroatoms. The summed E-state index contributed by atoms with van der Waals surface area (Å²) in [5.41, 5.74) is 1.10. The highest BCUT2D eigenvalue weighted by Gasteiger charge is 2.41. The summed E-state index contributed by atoms with van der Waals surface area (Å²) in [6.07, 6.45) is 5.13. The second kappa shape index (κ2) is 7.72. The van der Waals surface area contributed by atoms with Gasteiger partial charge in [-0.2, -0.15) is 5.10 Å². The Morgan fingerprint density at radius 3 is 2.38 bits per heavy atom. The fraction of sp³-hybridized carbons (Fsp3) is 0.450. The molecule has 1 fully saturated rings. The number of aromatic nitrogens is 2. The van der Waals surface area contributed by atoms with Crippen LogP contribution in [0, 0.1) is 6.92 Å². The summed E-state index contributed by atoms with van der Waals surface area (Å²) < 4.78 is 6.73. The molecule has 0 aliphatic heterocycles. The molecule has 6 nitrogen and oxygen atoms in total. The number of methoxy groups -OCH3 is 1. The Morgan fingerprint density at radius 1 is 1.12 bits per heavy atom. The minimum absolute atomic E-state index is 0.305. The number of para-hydroxylation sites is 1. The normalized spacial score (nSPS) is 16.5. The Labute approximate surface area is 153 Å². The quantitative estimate of drug-likeness (QED) is 0.675. The number of ether oxygens (including phenoxy) is 1. The number of hydrogen-bond donors (Lipinski definition) is 1. The fourth-order valence-electron chi connectivity index (χ4n) is 3.60. The van der Waals surface area contributed by atoms with E-state index in [-0.39, 0.29) is 11.9 Å². The van der Waals surface area contributed by atoms with Gasteiger partial charge in [0.15, 0.2) is 5.69 Å². The zero-order valence-electron chi connectivity index (χ0n) is 15.3. The Kier molecular flexibility index (Phi) is 5.40. The van der Waals surface area contributed by atoms with Crippen LogP contribution in [0.5, 0.6) is 0 Å². The Morgan fingerprint density at radius 2 is 1.77 bits per heavy atom. The molecule has 2 aromatic rings. The molecular formula is C20H25N3O3. The van der Waals surface area contributed by atoms with Gasteiger partial charge < -0.3 is 10.1 Å². The molecule has 1 aromatic carbocycles. The van der Waals surface area contributed by atoms with E-state index in [1.54, 1.807) is 10.7 Å². The van der Waals surface area contributed by atoms with Crippen molar-refractivity contribution in [2.45, 2.75) is 51.0 Å². The number of rotatable bonds is 4. The highest BCUT2D eigenvalue weighted by atomic mass is 16.5. The number of amides is 1. The van der Waals surface area contributed by atoms with Crippen molar-refractivity contribution in [2.24, 2.45) is 0 Å². The van der Waals surface area contributed by atoms with E-state index in [1.165, 1.54) is 7.11 Å². The van der Waals surface area contributed by atoms with Crippen molar-refractivity contribution in [1.82, 2.24) is 15.1 Å². The summed E-state index contributed by atoms with van der Waals surface area (Å²) >= 11 is 0. The fourth-order valence-corrected chi connectivity index (χ4v) is 3.60. The van der Waals surface area contributed by atoms with E-state index in [9.17, 15) is 9.59 Å². The van der Waals surface area contributed by atoms with Crippen LogP contribution in [0.1, 0.15) is 54.7 Å². The molecule has 0 atom stereocenters. The van der Waals surface area contributed by atoms with Gasteiger partial charge >= 0.3 is 5.97 Å². The predicted molar refractivity (Wildman–Crippen MR) is 98.2 cm³/mol. The molecule has 0 radical (unpaired) electrons. The molecule has 1 heterocycles. The Balaban J connectivity index is 1.85. The molecule has 0 spiro atoms. The minimum atomic E-state index is -0.952. The molecule has 1 aliphatic carbocycles. The molecule has 3 rings (SSSR count). The summed E-state index contributed by atoms with van der Waals surface area (Å²) in [6.45, 7) is 1.90. The first kappa shape index (κ1) is 18.2. The summed E-state index contributed by atoms with van der Waals surface area (Å²) in [6, 6.07) is 11.4. The first-order valence-electron chi connectivity index (χ1n) is 9.09. The molecule has 26 heavy (non-hydrogen) atoms. The first-order valence-corrected chi connectivity index (χ1v) is 9.09. The maximum atomic E-state index is 12.9. The van der Waals surface area contributed by atoms with Crippen LogP contribution >= 0.6 is 0 Å². The molecule has 1 amide bonds. The van der Waals surface area contributed by atoms with E-state index < -0.39 is 5.54 Å². The van der Waals surface area contributed by atoms with Crippen molar-refractivity contribution in [1.29, 1.82) is 0 Å². The lowest BCUT2D eigenvalue weighted by Crippen LogP contribution is -2.54. The van der Waals surface area contributed by atoms with Crippen LogP contribution in [0.25, 0.3) is 5.69 Å². The van der Waals surface area contributed by atoms with Crippen molar-refractivity contribution in [3.05, 3.63) is 47.8 Å². The van der Waals surface area contributed by atoms with Crippen molar-refractivity contribution in [3.63, 3.8) is 0 Å². The van der Waals surface area contributed by atoms with Crippen LogP contribution in [0.4, 0.5) is 0 Å². The monoisotopic (exact) mass is 355 g/mol. The van der Waals surface area contributed by atoms with Gasteiger partial charge in [0.25, 0.3) is 5.91 Å². The number of hydrogen-bond acceptors (Lipinski definition) is 4. The summed E-state index contributed by atoms with van der Waals surface area (Å²) in [7, 11) is 1.37. The standard InChI is InChI=1S/C20H25N3O3/c1-15-14-17(22-23(15)16-10-6-5-7-11-16)18(24)21-20(19(25)26-2)12-8-3-4-9-13-20/h5-7,10-11,14H,3-4,8-9,12-13H2,1-2H3,(H,21,24).